The Morgan fingerprint density at radius 3 is 2.80 bits per heavy atom. The SMILES string of the molecule is Cc1cc(C(=O)NC2CC2)nc(NCCCN(C)C)n1. The van der Waals surface area contributed by atoms with Crippen molar-refractivity contribution in [3.63, 3.8) is 0 Å². The van der Waals surface area contributed by atoms with Crippen molar-refractivity contribution in [2.45, 2.75) is 32.2 Å². The Balaban J connectivity index is 1.91. The minimum atomic E-state index is -0.102. The zero-order valence-corrected chi connectivity index (χ0v) is 12.4. The summed E-state index contributed by atoms with van der Waals surface area (Å²) in [7, 11) is 4.09. The molecule has 110 valence electrons. The summed E-state index contributed by atoms with van der Waals surface area (Å²) in [5, 5.41) is 6.12. The van der Waals surface area contributed by atoms with Gasteiger partial charge in [-0.25, -0.2) is 9.97 Å². The van der Waals surface area contributed by atoms with Crippen molar-refractivity contribution in [3.8, 4) is 0 Å². The van der Waals surface area contributed by atoms with Gasteiger partial charge < -0.3 is 15.5 Å². The van der Waals surface area contributed by atoms with Crippen molar-refractivity contribution in [2.75, 3.05) is 32.5 Å². The Morgan fingerprint density at radius 1 is 1.40 bits per heavy atom. The van der Waals surface area contributed by atoms with Gasteiger partial charge in [0.25, 0.3) is 5.91 Å². The van der Waals surface area contributed by atoms with Crippen molar-refractivity contribution in [2.24, 2.45) is 0 Å². The molecule has 1 saturated carbocycles. The van der Waals surface area contributed by atoms with Gasteiger partial charge in [-0.1, -0.05) is 0 Å². The minimum Gasteiger partial charge on any atom is -0.354 e. The van der Waals surface area contributed by atoms with Crippen molar-refractivity contribution in [3.05, 3.63) is 17.5 Å². The number of aryl methyl sites for hydroxylation is 1. The second kappa shape index (κ2) is 6.65. The first-order valence-electron chi connectivity index (χ1n) is 7.10. The molecular weight excluding hydrogens is 254 g/mol. The summed E-state index contributed by atoms with van der Waals surface area (Å²) < 4.78 is 0. The van der Waals surface area contributed by atoms with Gasteiger partial charge in [-0.15, -0.1) is 0 Å². The third-order valence-corrected chi connectivity index (χ3v) is 3.06. The molecule has 0 radical (unpaired) electrons. The molecule has 1 heterocycles. The van der Waals surface area contributed by atoms with Gasteiger partial charge in [0.2, 0.25) is 5.95 Å². The largest absolute Gasteiger partial charge is 0.354 e. The molecule has 6 heteroatoms. The van der Waals surface area contributed by atoms with E-state index in [-0.39, 0.29) is 5.91 Å². The number of carbonyl (C=O) groups excluding carboxylic acids is 1. The van der Waals surface area contributed by atoms with Gasteiger partial charge in [0, 0.05) is 18.3 Å². The van der Waals surface area contributed by atoms with E-state index in [4.69, 9.17) is 0 Å². The fourth-order valence-electron chi connectivity index (χ4n) is 1.85. The highest BCUT2D eigenvalue weighted by atomic mass is 16.2. The Labute approximate surface area is 120 Å². The summed E-state index contributed by atoms with van der Waals surface area (Å²) in [5.41, 5.74) is 1.25. The van der Waals surface area contributed by atoms with Crippen molar-refractivity contribution in [1.82, 2.24) is 20.2 Å². The van der Waals surface area contributed by atoms with Crippen LogP contribution in [0.4, 0.5) is 5.95 Å². The van der Waals surface area contributed by atoms with Gasteiger partial charge in [-0.2, -0.15) is 0 Å². The fourth-order valence-corrected chi connectivity index (χ4v) is 1.85. The molecular formula is C14H23N5O. The standard InChI is InChI=1S/C14H23N5O/c1-10-9-12(13(20)17-11-5-6-11)18-14(16-10)15-7-4-8-19(2)3/h9,11H,4-8H2,1-3H3,(H,17,20)(H,15,16,18). The van der Waals surface area contributed by atoms with Gasteiger partial charge in [-0.05, 0) is 52.9 Å². The van der Waals surface area contributed by atoms with Crippen LogP contribution >= 0.6 is 0 Å². The average Bonchev–Trinajstić information content (AvgIpc) is 3.17. The van der Waals surface area contributed by atoms with Gasteiger partial charge in [0.05, 0.1) is 0 Å². The highest BCUT2D eigenvalue weighted by Crippen LogP contribution is 2.19. The number of nitrogens with zero attached hydrogens (tertiary/aromatic N) is 3. The number of amides is 1. The predicted molar refractivity (Wildman–Crippen MR) is 78.9 cm³/mol. The molecule has 1 aliphatic rings. The van der Waals surface area contributed by atoms with Crippen molar-refractivity contribution < 1.29 is 4.79 Å². The Morgan fingerprint density at radius 2 is 2.15 bits per heavy atom. The number of aromatic nitrogens is 2. The second-order valence-electron chi connectivity index (χ2n) is 5.55. The number of hydrogen-bond donors (Lipinski definition) is 2. The highest BCUT2D eigenvalue weighted by Gasteiger charge is 2.24. The molecule has 0 saturated heterocycles. The first-order valence-corrected chi connectivity index (χ1v) is 7.10. The van der Waals surface area contributed by atoms with Crippen LogP contribution < -0.4 is 10.6 Å². The molecule has 1 amide bonds. The topological polar surface area (TPSA) is 70.2 Å². The molecule has 1 aromatic rings. The zero-order valence-electron chi connectivity index (χ0n) is 12.4. The third-order valence-electron chi connectivity index (χ3n) is 3.06. The Bertz CT molecular complexity index is 471. The molecule has 0 aliphatic heterocycles. The molecule has 2 N–H and O–H groups in total. The van der Waals surface area contributed by atoms with Gasteiger partial charge in [-0.3, -0.25) is 4.79 Å². The van der Waals surface area contributed by atoms with E-state index in [2.05, 4.69) is 25.5 Å². The van der Waals surface area contributed by atoms with Crippen LogP contribution in [0.5, 0.6) is 0 Å². The van der Waals surface area contributed by atoms with Crippen LogP contribution in [0.15, 0.2) is 6.07 Å². The Hall–Kier alpha value is -1.69. The summed E-state index contributed by atoms with van der Waals surface area (Å²) in [4.78, 5) is 22.7. The zero-order chi connectivity index (χ0) is 14.5. The first kappa shape index (κ1) is 14.7. The molecule has 0 atom stereocenters. The van der Waals surface area contributed by atoms with Gasteiger partial charge >= 0.3 is 0 Å². The number of rotatable bonds is 7. The quantitative estimate of drug-likeness (QED) is 0.729. The maximum atomic E-state index is 12.0. The van der Waals surface area contributed by atoms with Crippen LogP contribution in [-0.4, -0.2) is 54.0 Å². The highest BCUT2D eigenvalue weighted by molar-refractivity contribution is 5.93. The summed E-state index contributed by atoms with van der Waals surface area (Å²) in [6.07, 6.45) is 3.16. The number of nitrogens with one attached hydrogen (secondary N) is 2. The van der Waals surface area contributed by atoms with E-state index in [9.17, 15) is 4.79 Å². The van der Waals surface area contributed by atoms with Crippen LogP contribution in [0, 0.1) is 6.92 Å². The predicted octanol–water partition coefficient (Wildman–Crippen LogP) is 1.04. The summed E-state index contributed by atoms with van der Waals surface area (Å²) >= 11 is 0. The van der Waals surface area contributed by atoms with Crippen LogP contribution in [0.3, 0.4) is 0 Å². The lowest BCUT2D eigenvalue weighted by Crippen LogP contribution is -2.27. The van der Waals surface area contributed by atoms with Crippen LogP contribution in [0.25, 0.3) is 0 Å². The first-order chi connectivity index (χ1) is 9.54. The van der Waals surface area contributed by atoms with Gasteiger partial charge in [0.1, 0.15) is 5.69 Å². The maximum absolute atomic E-state index is 12.0. The van der Waals surface area contributed by atoms with Crippen LogP contribution in [0.1, 0.15) is 35.4 Å². The fraction of sp³-hybridized carbons (Fsp3) is 0.643. The molecule has 1 fully saturated rings. The van der Waals surface area contributed by atoms with Gasteiger partial charge in [0.15, 0.2) is 0 Å². The summed E-state index contributed by atoms with van der Waals surface area (Å²) in [5.74, 6) is 0.430. The second-order valence-corrected chi connectivity index (χ2v) is 5.55. The minimum absolute atomic E-state index is 0.102. The molecule has 0 spiro atoms. The third kappa shape index (κ3) is 4.77. The lowest BCUT2D eigenvalue weighted by Gasteiger charge is -2.11. The maximum Gasteiger partial charge on any atom is 0.270 e. The number of carbonyl (C=O) groups is 1. The van der Waals surface area contributed by atoms with E-state index in [0.29, 0.717) is 17.7 Å². The molecule has 20 heavy (non-hydrogen) atoms. The average molecular weight is 277 g/mol. The molecule has 1 aliphatic carbocycles. The molecule has 0 bridgehead atoms. The normalized spacial score (nSPS) is 14.4. The number of hydrogen-bond acceptors (Lipinski definition) is 5. The van der Waals surface area contributed by atoms with E-state index in [1.54, 1.807) is 6.07 Å². The van der Waals surface area contributed by atoms with E-state index in [0.717, 1.165) is 38.0 Å². The smallest absolute Gasteiger partial charge is 0.270 e. The molecule has 0 aromatic carbocycles. The molecule has 1 aromatic heterocycles. The summed E-state index contributed by atoms with van der Waals surface area (Å²) in [6, 6.07) is 2.07. The molecule has 0 unspecified atom stereocenters. The van der Waals surface area contributed by atoms with E-state index >= 15 is 0 Å². The van der Waals surface area contributed by atoms with Crippen molar-refractivity contribution >= 4 is 11.9 Å². The van der Waals surface area contributed by atoms with E-state index in [1.165, 1.54) is 0 Å². The van der Waals surface area contributed by atoms with Crippen molar-refractivity contribution in [1.29, 1.82) is 0 Å². The lowest BCUT2D eigenvalue weighted by molar-refractivity contribution is 0.0946. The lowest BCUT2D eigenvalue weighted by atomic mass is 10.3. The van der Waals surface area contributed by atoms with Crippen LogP contribution in [-0.2, 0) is 0 Å². The van der Waals surface area contributed by atoms with E-state index in [1.807, 2.05) is 21.0 Å². The molecule has 2 rings (SSSR count). The number of anilines is 1. The molecule has 6 nitrogen and oxygen atoms in total. The van der Waals surface area contributed by atoms with E-state index < -0.39 is 0 Å². The summed E-state index contributed by atoms with van der Waals surface area (Å²) in [6.45, 7) is 3.68. The monoisotopic (exact) mass is 277 g/mol. The Kier molecular flexibility index (Phi) is 4.89. The van der Waals surface area contributed by atoms with Crippen LogP contribution in [0.2, 0.25) is 0 Å².